The van der Waals surface area contributed by atoms with Gasteiger partial charge in [0.2, 0.25) is 11.7 Å². The fourth-order valence-electron chi connectivity index (χ4n) is 3.25. The molecule has 0 bridgehead atoms. The zero-order valence-electron chi connectivity index (χ0n) is 12.7. The molecule has 5 nitrogen and oxygen atoms in total. The predicted octanol–water partition coefficient (Wildman–Crippen LogP) is 3.51. The summed E-state index contributed by atoms with van der Waals surface area (Å²) in [7, 11) is 0. The van der Waals surface area contributed by atoms with E-state index >= 15 is 0 Å². The molecule has 1 unspecified atom stereocenters. The topological polar surface area (TPSA) is 82.0 Å². The van der Waals surface area contributed by atoms with Gasteiger partial charge in [-0.1, -0.05) is 42.3 Å². The molecule has 8 heteroatoms. The van der Waals surface area contributed by atoms with E-state index in [9.17, 15) is 18.0 Å². The van der Waals surface area contributed by atoms with Crippen molar-refractivity contribution in [2.24, 2.45) is 11.7 Å². The van der Waals surface area contributed by atoms with Crippen LogP contribution >= 0.6 is 0 Å². The molecule has 1 amide bonds. The minimum Gasteiger partial charge on any atom is -0.369 e. The van der Waals surface area contributed by atoms with Gasteiger partial charge >= 0.3 is 12.1 Å². The first kappa shape index (κ1) is 16.5. The molecule has 2 aromatic rings. The van der Waals surface area contributed by atoms with Crippen LogP contribution in [-0.2, 0) is 11.0 Å². The van der Waals surface area contributed by atoms with E-state index in [4.69, 9.17) is 5.73 Å². The smallest absolute Gasteiger partial charge is 0.369 e. The summed E-state index contributed by atoms with van der Waals surface area (Å²) in [6, 6.07) is 6.52. The molecule has 0 spiro atoms. The lowest BCUT2D eigenvalue weighted by Gasteiger charge is -2.20. The van der Waals surface area contributed by atoms with Crippen LogP contribution in [0, 0.1) is 5.92 Å². The van der Waals surface area contributed by atoms with Crippen molar-refractivity contribution in [1.82, 2.24) is 10.1 Å². The number of amides is 1. The normalized spacial score (nSPS) is 17.1. The number of carbonyl (C=O) groups excluding carboxylic acids is 1. The van der Waals surface area contributed by atoms with Gasteiger partial charge in [0.05, 0.1) is 5.92 Å². The number of carbonyl (C=O) groups is 1. The minimum atomic E-state index is -4.68. The van der Waals surface area contributed by atoms with Crippen LogP contribution in [0.3, 0.4) is 0 Å². The lowest BCUT2D eigenvalue weighted by molar-refractivity contribution is -0.159. The van der Waals surface area contributed by atoms with Gasteiger partial charge in [-0.05, 0) is 24.3 Å². The standard InChI is InChI=1S/C16H16F3N3O2/c17-16(18,19)15-21-14(22-24-15)11-7-5-10(6-8-11)12(13(20)23)9-3-1-2-4-9/h5-9,12H,1-4H2,(H2,20,23). The van der Waals surface area contributed by atoms with Gasteiger partial charge < -0.3 is 10.3 Å². The minimum absolute atomic E-state index is 0.148. The third-order valence-electron chi connectivity index (χ3n) is 4.37. The number of hydrogen-bond donors (Lipinski definition) is 1. The number of halogens is 3. The third-order valence-corrected chi connectivity index (χ3v) is 4.37. The van der Waals surface area contributed by atoms with Gasteiger partial charge in [-0.3, -0.25) is 4.79 Å². The summed E-state index contributed by atoms with van der Waals surface area (Å²) in [5.74, 6) is -2.07. The second-order valence-corrected chi connectivity index (χ2v) is 5.97. The molecule has 24 heavy (non-hydrogen) atoms. The van der Waals surface area contributed by atoms with E-state index in [2.05, 4.69) is 14.7 Å². The highest BCUT2D eigenvalue weighted by Gasteiger charge is 2.38. The Morgan fingerprint density at radius 1 is 1.21 bits per heavy atom. The van der Waals surface area contributed by atoms with Gasteiger partial charge in [0.1, 0.15) is 0 Å². The molecule has 1 aliphatic carbocycles. The van der Waals surface area contributed by atoms with Crippen LogP contribution in [0.4, 0.5) is 13.2 Å². The van der Waals surface area contributed by atoms with Gasteiger partial charge in [-0.2, -0.15) is 18.2 Å². The maximum Gasteiger partial charge on any atom is 0.471 e. The molecule has 3 rings (SSSR count). The van der Waals surface area contributed by atoms with Gasteiger partial charge in [-0.15, -0.1) is 0 Å². The largest absolute Gasteiger partial charge is 0.471 e. The molecular weight excluding hydrogens is 323 g/mol. The lowest BCUT2D eigenvalue weighted by Crippen LogP contribution is -2.26. The van der Waals surface area contributed by atoms with Crippen molar-refractivity contribution in [2.45, 2.75) is 37.8 Å². The van der Waals surface area contributed by atoms with Crippen molar-refractivity contribution in [3.8, 4) is 11.4 Å². The van der Waals surface area contributed by atoms with Crippen molar-refractivity contribution in [3.05, 3.63) is 35.7 Å². The van der Waals surface area contributed by atoms with Gasteiger partial charge in [0.15, 0.2) is 0 Å². The molecule has 128 valence electrons. The summed E-state index contributed by atoms with van der Waals surface area (Å²) in [6.45, 7) is 0. The van der Waals surface area contributed by atoms with Crippen molar-refractivity contribution < 1.29 is 22.5 Å². The molecule has 1 aromatic heterocycles. The quantitative estimate of drug-likeness (QED) is 0.924. The first-order chi connectivity index (χ1) is 11.4. The Bertz CT molecular complexity index is 719. The fraction of sp³-hybridized carbons (Fsp3) is 0.438. The van der Waals surface area contributed by atoms with E-state index in [0.717, 1.165) is 31.2 Å². The number of nitrogens with two attached hydrogens (primary N) is 1. The summed E-state index contributed by atoms with van der Waals surface area (Å²) in [5.41, 5.74) is 6.69. The molecule has 0 saturated heterocycles. The number of alkyl halides is 3. The number of rotatable bonds is 4. The Kier molecular flexibility index (Phi) is 4.29. The van der Waals surface area contributed by atoms with Crippen LogP contribution < -0.4 is 5.73 Å². The van der Waals surface area contributed by atoms with Crippen LogP contribution in [-0.4, -0.2) is 16.0 Å². The monoisotopic (exact) mass is 339 g/mol. The number of nitrogens with zero attached hydrogens (tertiary/aromatic N) is 2. The maximum atomic E-state index is 12.5. The van der Waals surface area contributed by atoms with Gasteiger partial charge in [-0.25, -0.2) is 0 Å². The van der Waals surface area contributed by atoms with E-state index in [1.54, 1.807) is 24.3 Å². The highest BCUT2D eigenvalue weighted by atomic mass is 19.4. The average Bonchev–Trinajstić information content (AvgIpc) is 3.18. The molecule has 0 radical (unpaired) electrons. The highest BCUT2D eigenvalue weighted by molar-refractivity contribution is 5.82. The van der Waals surface area contributed by atoms with Crippen molar-refractivity contribution in [3.63, 3.8) is 0 Å². The van der Waals surface area contributed by atoms with E-state index in [0.29, 0.717) is 5.56 Å². The zero-order chi connectivity index (χ0) is 17.3. The van der Waals surface area contributed by atoms with Gasteiger partial charge in [0.25, 0.3) is 0 Å². The molecule has 1 atom stereocenters. The van der Waals surface area contributed by atoms with Crippen molar-refractivity contribution >= 4 is 5.91 Å². The second-order valence-electron chi connectivity index (χ2n) is 5.97. The van der Waals surface area contributed by atoms with Crippen LogP contribution in [0.15, 0.2) is 28.8 Å². The van der Waals surface area contributed by atoms with Crippen LogP contribution in [0.5, 0.6) is 0 Å². The van der Waals surface area contributed by atoms with Crippen molar-refractivity contribution in [2.75, 3.05) is 0 Å². The molecule has 1 aromatic carbocycles. The SMILES string of the molecule is NC(=O)C(c1ccc(-c2noc(C(F)(F)F)n2)cc1)C1CCCC1. The lowest BCUT2D eigenvalue weighted by atomic mass is 9.84. The number of aromatic nitrogens is 2. The molecule has 1 heterocycles. The zero-order valence-corrected chi connectivity index (χ0v) is 12.7. The average molecular weight is 339 g/mol. The van der Waals surface area contributed by atoms with Crippen LogP contribution in [0.1, 0.15) is 43.1 Å². The maximum absolute atomic E-state index is 12.5. The fourth-order valence-corrected chi connectivity index (χ4v) is 3.25. The van der Waals surface area contributed by atoms with Crippen molar-refractivity contribution in [1.29, 1.82) is 0 Å². The predicted molar refractivity (Wildman–Crippen MR) is 78.6 cm³/mol. The highest BCUT2D eigenvalue weighted by Crippen LogP contribution is 2.37. The van der Waals surface area contributed by atoms with Gasteiger partial charge in [0, 0.05) is 5.56 Å². The summed E-state index contributed by atoms with van der Waals surface area (Å²) >= 11 is 0. The molecular formula is C16H16F3N3O2. The Balaban J connectivity index is 1.84. The van der Waals surface area contributed by atoms with Crippen LogP contribution in [0.25, 0.3) is 11.4 Å². The second kappa shape index (κ2) is 6.26. The number of hydrogen-bond acceptors (Lipinski definition) is 4. The molecule has 2 N–H and O–H groups in total. The first-order valence-electron chi connectivity index (χ1n) is 7.67. The van der Waals surface area contributed by atoms with E-state index < -0.39 is 12.1 Å². The summed E-state index contributed by atoms with van der Waals surface area (Å²) in [6.07, 6.45) is -0.611. The first-order valence-corrected chi connectivity index (χ1v) is 7.67. The molecule has 1 fully saturated rings. The van der Waals surface area contributed by atoms with E-state index in [1.807, 2.05) is 0 Å². The molecule has 0 aliphatic heterocycles. The summed E-state index contributed by atoms with van der Waals surface area (Å²) in [5, 5.41) is 3.34. The van der Waals surface area contributed by atoms with E-state index in [-0.39, 0.29) is 23.6 Å². The van der Waals surface area contributed by atoms with E-state index in [1.165, 1.54) is 0 Å². The Hall–Kier alpha value is -2.38. The summed E-state index contributed by atoms with van der Waals surface area (Å²) in [4.78, 5) is 15.2. The molecule has 1 saturated carbocycles. The Labute approximate surface area is 136 Å². The number of primary amides is 1. The molecule has 1 aliphatic rings. The Morgan fingerprint density at radius 3 is 2.33 bits per heavy atom. The third kappa shape index (κ3) is 3.27. The Morgan fingerprint density at radius 2 is 1.83 bits per heavy atom. The number of benzene rings is 1. The summed E-state index contributed by atoms with van der Waals surface area (Å²) < 4.78 is 41.7. The van der Waals surface area contributed by atoms with Crippen LogP contribution in [0.2, 0.25) is 0 Å².